The van der Waals surface area contributed by atoms with E-state index in [1.54, 1.807) is 19.3 Å². The molecular formula is C27H24N4O3. The van der Waals surface area contributed by atoms with Gasteiger partial charge in [-0.1, -0.05) is 66.7 Å². The predicted octanol–water partition coefficient (Wildman–Crippen LogP) is 5.09. The summed E-state index contributed by atoms with van der Waals surface area (Å²) in [5.74, 6) is 0.816. The van der Waals surface area contributed by atoms with Crippen LogP contribution in [0.5, 0.6) is 11.5 Å². The number of aromatic nitrogens is 2. The van der Waals surface area contributed by atoms with Crippen LogP contribution >= 0.6 is 0 Å². The Kier molecular flexibility index (Phi) is 7.48. The Hall–Kier alpha value is -4.65. The van der Waals surface area contributed by atoms with Crippen LogP contribution in [0.25, 0.3) is 17.3 Å². The molecule has 0 spiro atoms. The zero-order valence-electron chi connectivity index (χ0n) is 18.6. The van der Waals surface area contributed by atoms with Gasteiger partial charge in [-0.25, -0.2) is 5.43 Å². The van der Waals surface area contributed by atoms with Crippen LogP contribution in [-0.4, -0.2) is 29.4 Å². The Morgan fingerprint density at radius 2 is 1.76 bits per heavy atom. The monoisotopic (exact) mass is 452 g/mol. The zero-order valence-corrected chi connectivity index (χ0v) is 18.6. The van der Waals surface area contributed by atoms with E-state index in [9.17, 15) is 4.79 Å². The Morgan fingerprint density at radius 3 is 2.53 bits per heavy atom. The van der Waals surface area contributed by atoms with Gasteiger partial charge in [0.2, 0.25) is 0 Å². The number of nitrogens with one attached hydrogen (secondary N) is 2. The van der Waals surface area contributed by atoms with Crippen LogP contribution < -0.4 is 14.9 Å². The second-order valence-electron chi connectivity index (χ2n) is 7.30. The predicted molar refractivity (Wildman–Crippen MR) is 133 cm³/mol. The van der Waals surface area contributed by atoms with E-state index in [-0.39, 0.29) is 0 Å². The molecule has 3 aromatic carbocycles. The lowest BCUT2D eigenvalue weighted by atomic mass is 10.1. The van der Waals surface area contributed by atoms with Gasteiger partial charge in [0.1, 0.15) is 12.3 Å². The van der Waals surface area contributed by atoms with Gasteiger partial charge in [0.15, 0.2) is 11.5 Å². The summed E-state index contributed by atoms with van der Waals surface area (Å²) in [7, 11) is 1.59. The van der Waals surface area contributed by atoms with E-state index < -0.39 is 5.91 Å². The van der Waals surface area contributed by atoms with E-state index in [0.717, 1.165) is 16.7 Å². The molecule has 1 aromatic heterocycles. The van der Waals surface area contributed by atoms with E-state index in [2.05, 4.69) is 20.7 Å². The van der Waals surface area contributed by atoms with Gasteiger partial charge in [0, 0.05) is 11.8 Å². The summed E-state index contributed by atoms with van der Waals surface area (Å²) in [6.07, 6.45) is 5.16. The van der Waals surface area contributed by atoms with E-state index in [1.807, 2.05) is 84.9 Å². The van der Waals surface area contributed by atoms with Crippen LogP contribution in [0.2, 0.25) is 0 Å². The van der Waals surface area contributed by atoms with Crippen LogP contribution in [0.15, 0.2) is 96.1 Å². The van der Waals surface area contributed by atoms with Gasteiger partial charge in [-0.15, -0.1) is 0 Å². The van der Waals surface area contributed by atoms with E-state index in [0.29, 0.717) is 29.5 Å². The number of hydrazone groups is 1. The molecule has 4 rings (SSSR count). The third kappa shape index (κ3) is 5.98. The number of ether oxygens (including phenoxy) is 2. The minimum atomic E-state index is -0.391. The van der Waals surface area contributed by atoms with E-state index >= 15 is 0 Å². The molecule has 0 aliphatic carbocycles. The van der Waals surface area contributed by atoms with Crippen LogP contribution in [-0.2, 0) is 6.61 Å². The minimum absolute atomic E-state index is 0.294. The van der Waals surface area contributed by atoms with Crippen LogP contribution in [0.3, 0.4) is 0 Å². The summed E-state index contributed by atoms with van der Waals surface area (Å²) >= 11 is 0. The molecule has 1 amide bonds. The van der Waals surface area contributed by atoms with Crippen molar-refractivity contribution >= 4 is 18.2 Å². The third-order valence-corrected chi connectivity index (χ3v) is 4.93. The van der Waals surface area contributed by atoms with E-state index in [4.69, 9.17) is 9.47 Å². The second-order valence-corrected chi connectivity index (χ2v) is 7.30. The number of aromatic amines is 1. The van der Waals surface area contributed by atoms with Gasteiger partial charge in [0.25, 0.3) is 5.91 Å². The molecule has 4 aromatic rings. The molecule has 0 unspecified atom stereocenters. The van der Waals surface area contributed by atoms with E-state index in [1.165, 1.54) is 6.21 Å². The van der Waals surface area contributed by atoms with Gasteiger partial charge in [-0.05, 0) is 41.5 Å². The number of nitrogens with zero attached hydrogens (tertiary/aromatic N) is 2. The van der Waals surface area contributed by atoms with Crippen molar-refractivity contribution in [1.82, 2.24) is 15.6 Å². The summed E-state index contributed by atoms with van der Waals surface area (Å²) in [5.41, 5.74) is 6.27. The lowest BCUT2D eigenvalue weighted by Crippen LogP contribution is -2.17. The summed E-state index contributed by atoms with van der Waals surface area (Å²) in [4.78, 5) is 12.4. The van der Waals surface area contributed by atoms with Gasteiger partial charge < -0.3 is 9.47 Å². The van der Waals surface area contributed by atoms with Crippen molar-refractivity contribution in [2.75, 3.05) is 7.11 Å². The number of carbonyl (C=O) groups is 1. The van der Waals surface area contributed by atoms with Crippen LogP contribution in [0.1, 0.15) is 21.6 Å². The molecule has 0 aliphatic rings. The molecule has 170 valence electrons. The van der Waals surface area contributed by atoms with Gasteiger partial charge in [0.05, 0.1) is 12.8 Å². The number of hydrogen-bond donors (Lipinski definition) is 2. The number of methoxy groups -OCH3 is 1. The maximum atomic E-state index is 12.4. The highest BCUT2D eigenvalue weighted by Crippen LogP contribution is 2.32. The average Bonchev–Trinajstić information content (AvgIpc) is 3.39. The fourth-order valence-corrected chi connectivity index (χ4v) is 3.18. The minimum Gasteiger partial charge on any atom is -0.493 e. The van der Waals surface area contributed by atoms with Crippen molar-refractivity contribution < 1.29 is 14.3 Å². The second kappa shape index (κ2) is 11.3. The number of amides is 1. The number of benzene rings is 3. The SMILES string of the molecule is COc1cc(-c2cc(C(=O)NN=CC=Cc3ccccc3)[nH]n2)ccc1OCc1ccccc1. The van der Waals surface area contributed by atoms with Crippen molar-refractivity contribution in [2.24, 2.45) is 5.10 Å². The highest BCUT2D eigenvalue weighted by Gasteiger charge is 2.13. The maximum Gasteiger partial charge on any atom is 0.289 e. The average molecular weight is 453 g/mol. The molecule has 0 saturated heterocycles. The lowest BCUT2D eigenvalue weighted by molar-refractivity contribution is 0.0950. The standard InChI is InChI=1S/C27H24N4O3/c1-33-26-17-22(14-15-25(26)34-19-21-11-6-3-7-12-21)23-18-24(30-29-23)27(32)31-28-16-8-13-20-9-4-2-5-10-20/h2-18H,19H2,1H3,(H,29,30)(H,31,32). The highest BCUT2D eigenvalue weighted by atomic mass is 16.5. The van der Waals surface area contributed by atoms with Crippen LogP contribution in [0, 0.1) is 0 Å². The molecule has 34 heavy (non-hydrogen) atoms. The third-order valence-electron chi connectivity index (χ3n) is 4.93. The maximum absolute atomic E-state index is 12.4. The van der Waals surface area contributed by atoms with Gasteiger partial charge in [-0.2, -0.15) is 10.2 Å². The van der Waals surface area contributed by atoms with Crippen molar-refractivity contribution in [2.45, 2.75) is 6.61 Å². The molecule has 7 heteroatoms. The fraction of sp³-hybridized carbons (Fsp3) is 0.0741. The molecule has 0 bridgehead atoms. The fourth-order valence-electron chi connectivity index (χ4n) is 3.18. The topological polar surface area (TPSA) is 88.6 Å². The summed E-state index contributed by atoms with van der Waals surface area (Å²) in [6.45, 7) is 0.435. The number of H-pyrrole nitrogens is 1. The first-order chi connectivity index (χ1) is 16.7. The lowest BCUT2D eigenvalue weighted by Gasteiger charge is -2.11. The summed E-state index contributed by atoms with van der Waals surface area (Å²) < 4.78 is 11.4. The highest BCUT2D eigenvalue weighted by molar-refractivity contribution is 5.94. The number of hydrogen-bond acceptors (Lipinski definition) is 5. The first-order valence-electron chi connectivity index (χ1n) is 10.7. The van der Waals surface area contributed by atoms with Gasteiger partial charge in [-0.3, -0.25) is 9.89 Å². The van der Waals surface area contributed by atoms with Crippen molar-refractivity contribution in [3.05, 3.63) is 108 Å². The van der Waals surface area contributed by atoms with Crippen molar-refractivity contribution in [3.8, 4) is 22.8 Å². The Balaban J connectivity index is 1.37. The molecule has 2 N–H and O–H groups in total. The zero-order chi connectivity index (χ0) is 23.6. The molecule has 7 nitrogen and oxygen atoms in total. The molecular weight excluding hydrogens is 428 g/mol. The van der Waals surface area contributed by atoms with Crippen molar-refractivity contribution in [3.63, 3.8) is 0 Å². The molecule has 0 saturated carbocycles. The largest absolute Gasteiger partial charge is 0.493 e. The number of allylic oxidation sites excluding steroid dienone is 1. The molecule has 0 radical (unpaired) electrons. The normalized spacial score (nSPS) is 11.1. The summed E-state index contributed by atoms with van der Waals surface area (Å²) in [5, 5.41) is 10.9. The molecule has 0 fully saturated rings. The number of carbonyl (C=O) groups excluding carboxylic acids is 1. The quantitative estimate of drug-likeness (QED) is 0.273. The molecule has 0 aliphatic heterocycles. The Bertz CT molecular complexity index is 1280. The number of rotatable bonds is 9. The van der Waals surface area contributed by atoms with Gasteiger partial charge >= 0.3 is 0 Å². The molecule has 0 atom stereocenters. The Morgan fingerprint density at radius 1 is 1.00 bits per heavy atom. The van der Waals surface area contributed by atoms with Crippen LogP contribution in [0.4, 0.5) is 0 Å². The first kappa shape index (κ1) is 22.5. The smallest absolute Gasteiger partial charge is 0.289 e. The van der Waals surface area contributed by atoms with Crippen molar-refractivity contribution in [1.29, 1.82) is 0 Å². The summed E-state index contributed by atoms with van der Waals surface area (Å²) in [6, 6.07) is 26.9. The molecule has 1 heterocycles. The first-order valence-corrected chi connectivity index (χ1v) is 10.7. The Labute approximate surface area is 197 Å².